The Kier molecular flexibility index (Phi) is 6.37. The summed E-state index contributed by atoms with van der Waals surface area (Å²) in [6.45, 7) is 2.65. The zero-order valence-corrected chi connectivity index (χ0v) is 18.2. The second-order valence-electron chi connectivity index (χ2n) is 7.01. The van der Waals surface area contributed by atoms with Crippen molar-refractivity contribution in [1.29, 1.82) is 0 Å². The van der Waals surface area contributed by atoms with Crippen LogP contribution in [0.4, 0.5) is 32.0 Å². The maximum absolute atomic E-state index is 14.2. The van der Waals surface area contributed by atoms with Crippen molar-refractivity contribution in [1.82, 2.24) is 0 Å². The van der Waals surface area contributed by atoms with Crippen LogP contribution in [-0.2, 0) is 25.2 Å². The lowest BCUT2D eigenvalue weighted by atomic mass is 10.2. The van der Waals surface area contributed by atoms with Crippen LogP contribution in [0.3, 0.4) is 0 Å². The molecular weight excluding hydrogens is 528 g/mol. The zero-order valence-electron chi connectivity index (χ0n) is 16.6. The van der Waals surface area contributed by atoms with Gasteiger partial charge in [-0.05, 0) is 34.1 Å². The van der Waals surface area contributed by atoms with E-state index in [-0.39, 0.29) is 22.3 Å². The fourth-order valence-corrected chi connectivity index (χ4v) is 2.93. The molecule has 13 heteroatoms. The Balaban J connectivity index is 1.97. The van der Waals surface area contributed by atoms with Gasteiger partial charge < -0.3 is 19.5 Å². The molecule has 0 unspecified atom stereocenters. The third-order valence-corrected chi connectivity index (χ3v) is 4.66. The lowest BCUT2D eigenvalue weighted by Crippen LogP contribution is -2.42. The molecule has 1 N–H and O–H groups in total. The number of halogens is 7. The van der Waals surface area contributed by atoms with Crippen LogP contribution in [0.25, 0.3) is 0 Å². The first-order chi connectivity index (χ1) is 15.2. The van der Waals surface area contributed by atoms with E-state index in [1.54, 1.807) is 0 Å². The Morgan fingerprint density at radius 2 is 1.52 bits per heavy atom. The van der Waals surface area contributed by atoms with Crippen molar-refractivity contribution in [2.24, 2.45) is 0 Å². The van der Waals surface area contributed by atoms with Gasteiger partial charge in [-0.2, -0.15) is 13.2 Å². The Hall–Kier alpha value is -3.22. The average molecular weight is 540 g/mol. The molecule has 33 heavy (non-hydrogen) atoms. The number of hydrogen-bond acceptors (Lipinski definition) is 6. The number of rotatable bonds is 4. The van der Waals surface area contributed by atoms with Crippen molar-refractivity contribution < 1.29 is 50.1 Å². The van der Waals surface area contributed by atoms with Gasteiger partial charge in [0.05, 0.1) is 15.7 Å². The van der Waals surface area contributed by atoms with Gasteiger partial charge in [0.15, 0.2) is 28.7 Å². The molecule has 176 valence electrons. The fraction of sp³-hybridized carbons (Fsp3) is 0.200. The summed E-state index contributed by atoms with van der Waals surface area (Å²) in [5, 5.41) is 2.42. The van der Waals surface area contributed by atoms with Gasteiger partial charge in [0.25, 0.3) is 5.79 Å². The molecule has 0 amide bonds. The predicted molar refractivity (Wildman–Crippen MR) is 104 cm³/mol. The largest absolute Gasteiger partial charge is 0.449 e. The lowest BCUT2D eigenvalue weighted by molar-refractivity contribution is -0.222. The summed E-state index contributed by atoms with van der Waals surface area (Å²) >= 11 is 2.88. The molecule has 0 aliphatic carbocycles. The molecule has 0 bridgehead atoms. The Bertz CT molecular complexity index is 1130. The van der Waals surface area contributed by atoms with Crippen molar-refractivity contribution in [2.45, 2.75) is 25.8 Å². The highest BCUT2D eigenvalue weighted by Crippen LogP contribution is 2.39. The van der Waals surface area contributed by atoms with E-state index in [0.29, 0.717) is 6.07 Å². The average Bonchev–Trinajstić information content (AvgIpc) is 2.65. The highest BCUT2D eigenvalue weighted by atomic mass is 79.9. The van der Waals surface area contributed by atoms with Crippen LogP contribution >= 0.6 is 15.9 Å². The molecule has 1 heterocycles. The standard InChI is InChI=1S/C20H12BrF6NO5/c1-19(2)32-17(29)9(18(30)33-19)7-28-14-5-10(21)11(22)6-15(14)31-16-12(23)3-8(4-13(16)24)20(25,26)27/h3-7,28H,1-2H3. The van der Waals surface area contributed by atoms with Crippen molar-refractivity contribution in [2.75, 3.05) is 5.32 Å². The number of ether oxygens (including phenoxy) is 3. The summed E-state index contributed by atoms with van der Waals surface area (Å²) < 4.78 is 95.2. The molecule has 1 fully saturated rings. The van der Waals surface area contributed by atoms with E-state index in [1.807, 2.05) is 0 Å². The van der Waals surface area contributed by atoms with Crippen LogP contribution in [0.1, 0.15) is 19.4 Å². The summed E-state index contributed by atoms with van der Waals surface area (Å²) in [4.78, 5) is 24.0. The smallest absolute Gasteiger partial charge is 0.416 e. The molecule has 0 saturated carbocycles. The molecule has 0 spiro atoms. The van der Waals surface area contributed by atoms with E-state index < -0.39 is 64.0 Å². The third kappa shape index (κ3) is 5.41. The normalized spacial score (nSPS) is 15.6. The zero-order chi connectivity index (χ0) is 24.7. The summed E-state index contributed by atoms with van der Waals surface area (Å²) in [6, 6.07) is 1.73. The number of nitrogens with one attached hydrogen (secondary N) is 1. The molecular formula is C20H12BrF6NO5. The number of carbonyl (C=O) groups is 2. The van der Waals surface area contributed by atoms with Crippen LogP contribution in [-0.4, -0.2) is 17.7 Å². The lowest BCUT2D eigenvalue weighted by Gasteiger charge is -2.29. The molecule has 6 nitrogen and oxygen atoms in total. The van der Waals surface area contributed by atoms with Gasteiger partial charge in [-0.3, -0.25) is 0 Å². The van der Waals surface area contributed by atoms with Crippen molar-refractivity contribution >= 4 is 33.6 Å². The van der Waals surface area contributed by atoms with Gasteiger partial charge in [-0.1, -0.05) is 0 Å². The Morgan fingerprint density at radius 3 is 2.03 bits per heavy atom. The maximum Gasteiger partial charge on any atom is 0.416 e. The second kappa shape index (κ2) is 8.61. The number of cyclic esters (lactones) is 2. The monoisotopic (exact) mass is 539 g/mol. The van der Waals surface area contributed by atoms with Crippen LogP contribution < -0.4 is 10.1 Å². The molecule has 1 aliphatic rings. The third-order valence-electron chi connectivity index (χ3n) is 4.05. The van der Waals surface area contributed by atoms with E-state index in [9.17, 15) is 35.9 Å². The molecule has 0 radical (unpaired) electrons. The molecule has 2 aromatic rings. The van der Waals surface area contributed by atoms with Gasteiger partial charge in [0.2, 0.25) is 0 Å². The number of benzene rings is 2. The fourth-order valence-electron chi connectivity index (χ4n) is 2.59. The van der Waals surface area contributed by atoms with Crippen LogP contribution in [0, 0.1) is 17.5 Å². The minimum Gasteiger partial charge on any atom is -0.449 e. The summed E-state index contributed by atoms with van der Waals surface area (Å²) in [5.41, 5.74) is -2.40. The Morgan fingerprint density at radius 1 is 0.970 bits per heavy atom. The van der Waals surface area contributed by atoms with Crippen molar-refractivity contribution in [3.63, 3.8) is 0 Å². The summed E-state index contributed by atoms with van der Waals surface area (Å²) in [6.07, 6.45) is -4.19. The SMILES string of the molecule is CC1(C)OC(=O)C(=CNc2cc(Br)c(F)cc2Oc2c(F)cc(C(F)(F)F)cc2F)C(=O)O1. The molecule has 1 aliphatic heterocycles. The molecule has 3 rings (SSSR count). The topological polar surface area (TPSA) is 73.9 Å². The summed E-state index contributed by atoms with van der Waals surface area (Å²) in [5.74, 6) is -9.76. The van der Waals surface area contributed by atoms with Crippen molar-refractivity contribution in [3.05, 3.63) is 63.5 Å². The van der Waals surface area contributed by atoms with E-state index in [4.69, 9.17) is 14.2 Å². The molecule has 0 atom stereocenters. The van der Waals surface area contributed by atoms with E-state index in [0.717, 1.165) is 12.3 Å². The minimum atomic E-state index is -5.01. The van der Waals surface area contributed by atoms with Gasteiger partial charge in [0.1, 0.15) is 5.82 Å². The maximum atomic E-state index is 14.2. The van der Waals surface area contributed by atoms with Gasteiger partial charge in [-0.25, -0.2) is 22.8 Å². The first-order valence-corrected chi connectivity index (χ1v) is 9.64. The van der Waals surface area contributed by atoms with Gasteiger partial charge >= 0.3 is 18.1 Å². The Labute approximate surface area is 190 Å². The first-order valence-electron chi connectivity index (χ1n) is 8.84. The number of anilines is 1. The number of carbonyl (C=O) groups excluding carboxylic acids is 2. The van der Waals surface area contributed by atoms with Crippen LogP contribution in [0.2, 0.25) is 0 Å². The van der Waals surface area contributed by atoms with E-state index in [2.05, 4.69) is 21.2 Å². The molecule has 1 saturated heterocycles. The van der Waals surface area contributed by atoms with Gasteiger partial charge in [-0.15, -0.1) is 0 Å². The predicted octanol–water partition coefficient (Wildman–Crippen LogP) is 5.81. The number of esters is 2. The second-order valence-corrected chi connectivity index (χ2v) is 7.87. The van der Waals surface area contributed by atoms with Crippen molar-refractivity contribution in [3.8, 4) is 11.5 Å². The van der Waals surface area contributed by atoms with Crippen LogP contribution in [0.15, 0.2) is 40.5 Å². The molecule has 0 aromatic heterocycles. The quantitative estimate of drug-likeness (QED) is 0.229. The van der Waals surface area contributed by atoms with E-state index >= 15 is 0 Å². The summed E-state index contributed by atoms with van der Waals surface area (Å²) in [7, 11) is 0. The highest BCUT2D eigenvalue weighted by Gasteiger charge is 2.39. The first kappa shape index (κ1) is 24.4. The number of alkyl halides is 3. The van der Waals surface area contributed by atoms with E-state index in [1.165, 1.54) is 13.8 Å². The van der Waals surface area contributed by atoms with Gasteiger partial charge in [0, 0.05) is 26.1 Å². The van der Waals surface area contributed by atoms with Crippen LogP contribution in [0.5, 0.6) is 11.5 Å². The highest BCUT2D eigenvalue weighted by molar-refractivity contribution is 9.10. The molecule has 2 aromatic carbocycles. The number of hydrogen-bond donors (Lipinski definition) is 1. The minimum absolute atomic E-state index is 0.0124.